The second kappa shape index (κ2) is 12.0. The highest BCUT2D eigenvalue weighted by Crippen LogP contribution is 2.21. The van der Waals surface area contributed by atoms with E-state index in [9.17, 15) is 19.5 Å². The number of hydrogen-bond acceptors (Lipinski definition) is 7. The van der Waals surface area contributed by atoms with Crippen molar-refractivity contribution in [2.75, 3.05) is 20.8 Å². The van der Waals surface area contributed by atoms with Crippen molar-refractivity contribution in [2.24, 2.45) is 0 Å². The van der Waals surface area contributed by atoms with Crippen LogP contribution in [0.5, 0.6) is 5.75 Å². The molecular weight excluding hydrogens is 440 g/mol. The number of hydrogen-bond donors (Lipinski definition) is 2. The highest BCUT2D eigenvalue weighted by Gasteiger charge is 2.39. The van der Waals surface area contributed by atoms with Gasteiger partial charge in [0.2, 0.25) is 5.91 Å². The number of rotatable bonds is 8. The minimum atomic E-state index is -0.987. The summed E-state index contributed by atoms with van der Waals surface area (Å²) >= 11 is 0. The molecule has 0 unspecified atom stereocenters. The lowest BCUT2D eigenvalue weighted by Gasteiger charge is -2.38. The smallest absolute Gasteiger partial charge is 0.408 e. The van der Waals surface area contributed by atoms with Crippen LogP contribution in [0.3, 0.4) is 0 Å². The number of esters is 1. The van der Waals surface area contributed by atoms with Crippen molar-refractivity contribution in [1.82, 2.24) is 10.2 Å². The number of carbonyl (C=O) groups excluding carboxylic acids is 3. The zero-order valence-corrected chi connectivity index (χ0v) is 19.3. The maximum absolute atomic E-state index is 13.5. The lowest BCUT2D eigenvalue weighted by molar-refractivity contribution is -0.157. The molecule has 3 atom stereocenters. The Balaban J connectivity index is 1.76. The largest absolute Gasteiger partial charge is 0.497 e. The Kier molecular flexibility index (Phi) is 8.86. The Bertz CT molecular complexity index is 965. The fraction of sp³-hybridized carbons (Fsp3) is 0.400. The third-order valence-electron chi connectivity index (χ3n) is 5.73. The average molecular weight is 471 g/mol. The van der Waals surface area contributed by atoms with Crippen molar-refractivity contribution in [1.29, 1.82) is 0 Å². The number of benzene rings is 2. The van der Waals surface area contributed by atoms with E-state index in [1.165, 1.54) is 12.0 Å². The van der Waals surface area contributed by atoms with Crippen molar-refractivity contribution in [2.45, 2.75) is 44.1 Å². The normalized spacial score (nSPS) is 18.5. The lowest BCUT2D eigenvalue weighted by Crippen LogP contribution is -2.58. The number of aliphatic hydroxyl groups excluding tert-OH is 1. The number of methoxy groups -OCH3 is 2. The van der Waals surface area contributed by atoms with E-state index < -0.39 is 36.2 Å². The monoisotopic (exact) mass is 470 g/mol. The van der Waals surface area contributed by atoms with Gasteiger partial charge < -0.3 is 29.5 Å². The molecule has 2 aromatic rings. The summed E-state index contributed by atoms with van der Waals surface area (Å²) in [4.78, 5) is 39.8. The van der Waals surface area contributed by atoms with Crippen LogP contribution in [0.2, 0.25) is 0 Å². The molecule has 3 rings (SSSR count). The highest BCUT2D eigenvalue weighted by atomic mass is 16.5. The van der Waals surface area contributed by atoms with Gasteiger partial charge in [-0.2, -0.15) is 0 Å². The van der Waals surface area contributed by atoms with Gasteiger partial charge >= 0.3 is 12.1 Å². The standard InChI is InChI=1S/C25H30N2O7/c1-32-20-10-8-17(9-11-20)14-21(26-25(31)34-16-18-6-4-3-5-7-18)23(29)27-13-12-19(28)15-22(27)24(30)33-2/h3-11,19,21-22,28H,12-16H2,1-2H3,(H,26,31)/t19-,21-,22+/m0/s1. The van der Waals surface area contributed by atoms with Gasteiger partial charge in [-0.05, 0) is 29.7 Å². The van der Waals surface area contributed by atoms with E-state index in [0.29, 0.717) is 12.2 Å². The van der Waals surface area contributed by atoms with Crippen molar-refractivity contribution >= 4 is 18.0 Å². The van der Waals surface area contributed by atoms with Crippen LogP contribution < -0.4 is 10.1 Å². The zero-order chi connectivity index (χ0) is 24.5. The molecule has 1 fully saturated rings. The first kappa shape index (κ1) is 25.0. The number of aliphatic hydroxyl groups is 1. The predicted molar refractivity (Wildman–Crippen MR) is 123 cm³/mol. The Hall–Kier alpha value is -3.59. The minimum absolute atomic E-state index is 0.0524. The molecule has 1 saturated heterocycles. The fourth-order valence-electron chi connectivity index (χ4n) is 3.87. The topological polar surface area (TPSA) is 114 Å². The van der Waals surface area contributed by atoms with Crippen LogP contribution >= 0.6 is 0 Å². The van der Waals surface area contributed by atoms with Crippen molar-refractivity contribution < 1.29 is 33.7 Å². The Morgan fingerprint density at radius 2 is 1.76 bits per heavy atom. The van der Waals surface area contributed by atoms with Crippen LogP contribution in [-0.4, -0.2) is 66.9 Å². The summed E-state index contributed by atoms with van der Waals surface area (Å²) in [6.07, 6.45) is -0.880. The number of amides is 2. The molecule has 0 bridgehead atoms. The molecule has 1 heterocycles. The van der Waals surface area contributed by atoms with Crippen LogP contribution in [0.25, 0.3) is 0 Å². The van der Waals surface area contributed by atoms with Crippen LogP contribution in [0.15, 0.2) is 54.6 Å². The van der Waals surface area contributed by atoms with Gasteiger partial charge in [-0.25, -0.2) is 9.59 Å². The second-order valence-corrected chi connectivity index (χ2v) is 8.06. The highest BCUT2D eigenvalue weighted by molar-refractivity contribution is 5.90. The van der Waals surface area contributed by atoms with Crippen molar-refractivity contribution in [3.63, 3.8) is 0 Å². The molecule has 0 aliphatic carbocycles. The van der Waals surface area contributed by atoms with Gasteiger partial charge in [-0.1, -0.05) is 42.5 Å². The van der Waals surface area contributed by atoms with Gasteiger partial charge in [0.15, 0.2) is 0 Å². The van der Waals surface area contributed by atoms with Crippen LogP contribution in [0.4, 0.5) is 4.79 Å². The summed E-state index contributed by atoms with van der Waals surface area (Å²) < 4.78 is 15.3. The summed E-state index contributed by atoms with van der Waals surface area (Å²) in [5, 5.41) is 12.7. The molecule has 9 nitrogen and oxygen atoms in total. The van der Waals surface area contributed by atoms with Crippen LogP contribution in [0.1, 0.15) is 24.0 Å². The molecule has 34 heavy (non-hydrogen) atoms. The maximum atomic E-state index is 13.5. The minimum Gasteiger partial charge on any atom is -0.497 e. The first-order valence-corrected chi connectivity index (χ1v) is 11.1. The molecule has 0 aromatic heterocycles. The quantitative estimate of drug-likeness (QED) is 0.568. The molecule has 2 N–H and O–H groups in total. The third-order valence-corrected chi connectivity index (χ3v) is 5.73. The summed E-state index contributed by atoms with van der Waals surface area (Å²) in [6.45, 7) is 0.219. The van der Waals surface area contributed by atoms with E-state index >= 15 is 0 Å². The number of nitrogens with zero attached hydrogens (tertiary/aromatic N) is 1. The van der Waals surface area contributed by atoms with Gasteiger partial charge in [0.25, 0.3) is 0 Å². The lowest BCUT2D eigenvalue weighted by atomic mass is 9.97. The molecule has 0 spiro atoms. The molecule has 1 aliphatic rings. The number of ether oxygens (including phenoxy) is 3. The Labute approximate surface area is 198 Å². The van der Waals surface area contributed by atoms with Crippen LogP contribution in [0, 0.1) is 0 Å². The number of piperidine rings is 1. The van der Waals surface area contributed by atoms with E-state index in [-0.39, 0.29) is 26.0 Å². The predicted octanol–water partition coefficient (Wildman–Crippen LogP) is 2.06. The SMILES string of the molecule is COC(=O)[C@H]1C[C@@H](O)CCN1C(=O)[C@H](Cc1ccc(OC)cc1)NC(=O)OCc1ccccc1. The maximum Gasteiger partial charge on any atom is 0.408 e. The van der Waals surface area contributed by atoms with E-state index in [4.69, 9.17) is 14.2 Å². The third kappa shape index (κ3) is 6.71. The zero-order valence-electron chi connectivity index (χ0n) is 19.3. The molecule has 0 radical (unpaired) electrons. The first-order valence-electron chi connectivity index (χ1n) is 11.1. The molecule has 9 heteroatoms. The molecule has 2 amide bonds. The fourth-order valence-corrected chi connectivity index (χ4v) is 3.87. The molecule has 1 aliphatic heterocycles. The van der Waals surface area contributed by atoms with Gasteiger partial charge in [-0.15, -0.1) is 0 Å². The van der Waals surface area contributed by atoms with Crippen LogP contribution in [-0.2, 0) is 32.1 Å². The Morgan fingerprint density at radius 1 is 1.06 bits per heavy atom. The number of carbonyl (C=O) groups is 3. The molecular formula is C25H30N2O7. The Morgan fingerprint density at radius 3 is 2.41 bits per heavy atom. The summed E-state index contributed by atoms with van der Waals surface area (Å²) in [6, 6.07) is 14.4. The average Bonchev–Trinajstić information content (AvgIpc) is 2.87. The van der Waals surface area contributed by atoms with Gasteiger partial charge in [0.05, 0.1) is 20.3 Å². The van der Waals surface area contributed by atoms with E-state index in [2.05, 4.69) is 5.32 Å². The van der Waals surface area contributed by atoms with E-state index in [1.807, 2.05) is 30.3 Å². The first-order chi connectivity index (χ1) is 16.4. The summed E-state index contributed by atoms with van der Waals surface area (Å²) in [5.41, 5.74) is 1.60. The van der Waals surface area contributed by atoms with Gasteiger partial charge in [0.1, 0.15) is 24.4 Å². The second-order valence-electron chi connectivity index (χ2n) is 8.06. The number of likely N-dealkylation sites (tertiary alicyclic amines) is 1. The van der Waals surface area contributed by atoms with Crippen molar-refractivity contribution in [3.8, 4) is 5.75 Å². The summed E-state index contributed by atoms with van der Waals surface area (Å²) in [7, 11) is 2.80. The molecule has 182 valence electrons. The number of alkyl carbamates (subject to hydrolysis) is 1. The van der Waals surface area contributed by atoms with E-state index in [1.54, 1.807) is 31.4 Å². The van der Waals surface area contributed by atoms with Gasteiger partial charge in [-0.3, -0.25) is 4.79 Å². The van der Waals surface area contributed by atoms with Gasteiger partial charge in [0, 0.05) is 19.4 Å². The molecule has 2 aromatic carbocycles. The molecule has 0 saturated carbocycles. The van der Waals surface area contributed by atoms with E-state index in [0.717, 1.165) is 11.1 Å². The summed E-state index contributed by atoms with van der Waals surface area (Å²) in [5.74, 6) is -0.394. The number of nitrogens with one attached hydrogen (secondary N) is 1. The van der Waals surface area contributed by atoms with Crippen molar-refractivity contribution in [3.05, 3.63) is 65.7 Å².